The molecule has 0 bridgehead atoms. The van der Waals surface area contributed by atoms with Crippen LogP contribution >= 0.6 is 24.8 Å². The molecule has 1 fully saturated rings. The number of hydrogen-bond acceptors (Lipinski definition) is 6. The summed E-state index contributed by atoms with van der Waals surface area (Å²) >= 11 is 0. The van der Waals surface area contributed by atoms with Gasteiger partial charge in [-0.1, -0.05) is 0 Å². The highest BCUT2D eigenvalue weighted by Gasteiger charge is 2.22. The van der Waals surface area contributed by atoms with E-state index in [0.717, 1.165) is 44.7 Å². The Balaban J connectivity index is 0.00000364. The fourth-order valence-corrected chi connectivity index (χ4v) is 3.15. The Labute approximate surface area is 180 Å². The summed E-state index contributed by atoms with van der Waals surface area (Å²) < 4.78 is 16.2. The fourth-order valence-electron chi connectivity index (χ4n) is 3.15. The number of nitrogens with zero attached hydrogens (tertiary/aromatic N) is 2. The van der Waals surface area contributed by atoms with Crippen LogP contribution in [0.3, 0.4) is 0 Å². The number of carbonyl (C=O) groups excluding carboxylic acids is 1. The molecule has 1 aromatic carbocycles. The fraction of sp³-hybridized carbons (Fsp3) is 0.632. The lowest BCUT2D eigenvalue weighted by Crippen LogP contribution is -2.48. The topological polar surface area (TPSA) is 77.3 Å². The van der Waals surface area contributed by atoms with Gasteiger partial charge in [0.2, 0.25) is 11.7 Å². The number of halogens is 2. The van der Waals surface area contributed by atoms with Crippen molar-refractivity contribution in [3.8, 4) is 17.2 Å². The standard InChI is InChI=1S/C19H31N3O4.2ClH/c1-14(20)5-6-18(23)22-9-7-21(8-10-22)13-15-11-16(24-2)19(26-4)17(12-15)25-3;;/h11-12,14H,5-10,13,20H2,1-4H3;2*1H. The van der Waals surface area contributed by atoms with E-state index < -0.39 is 0 Å². The second-order valence-electron chi connectivity index (χ2n) is 6.71. The largest absolute Gasteiger partial charge is 0.493 e. The molecule has 1 aliphatic rings. The Hall–Kier alpha value is -1.41. The van der Waals surface area contributed by atoms with Crippen molar-refractivity contribution in [3.05, 3.63) is 17.7 Å². The van der Waals surface area contributed by atoms with Crippen LogP contribution in [0.1, 0.15) is 25.3 Å². The lowest BCUT2D eigenvalue weighted by molar-refractivity contribution is -0.133. The number of nitrogens with two attached hydrogens (primary N) is 1. The average molecular weight is 438 g/mol. The molecule has 0 spiro atoms. The van der Waals surface area contributed by atoms with Gasteiger partial charge >= 0.3 is 0 Å². The van der Waals surface area contributed by atoms with E-state index in [1.54, 1.807) is 21.3 Å². The molecule has 9 heteroatoms. The Kier molecular flexibility index (Phi) is 12.3. The predicted octanol–water partition coefficient (Wildman–Crippen LogP) is 2.33. The Morgan fingerprint density at radius 3 is 2.00 bits per heavy atom. The minimum Gasteiger partial charge on any atom is -0.493 e. The van der Waals surface area contributed by atoms with E-state index >= 15 is 0 Å². The van der Waals surface area contributed by atoms with Gasteiger partial charge in [0.05, 0.1) is 21.3 Å². The summed E-state index contributed by atoms with van der Waals surface area (Å²) in [5.41, 5.74) is 6.83. The second-order valence-corrected chi connectivity index (χ2v) is 6.71. The molecule has 7 nitrogen and oxygen atoms in total. The van der Waals surface area contributed by atoms with Gasteiger partial charge in [0.15, 0.2) is 11.5 Å². The van der Waals surface area contributed by atoms with Crippen molar-refractivity contribution in [2.45, 2.75) is 32.4 Å². The van der Waals surface area contributed by atoms with E-state index in [0.29, 0.717) is 23.7 Å². The third-order valence-corrected chi connectivity index (χ3v) is 4.67. The zero-order valence-corrected chi connectivity index (χ0v) is 18.7. The smallest absolute Gasteiger partial charge is 0.222 e. The molecule has 0 radical (unpaired) electrons. The highest BCUT2D eigenvalue weighted by Crippen LogP contribution is 2.38. The van der Waals surface area contributed by atoms with Crippen LogP contribution in [-0.4, -0.2) is 69.3 Å². The predicted molar refractivity (Wildman–Crippen MR) is 115 cm³/mol. The van der Waals surface area contributed by atoms with Crippen molar-refractivity contribution in [1.82, 2.24) is 9.80 Å². The van der Waals surface area contributed by atoms with E-state index in [2.05, 4.69) is 4.90 Å². The van der Waals surface area contributed by atoms with Crippen LogP contribution in [0.4, 0.5) is 0 Å². The lowest BCUT2D eigenvalue weighted by atomic mass is 10.1. The number of methoxy groups -OCH3 is 3. The number of amides is 1. The number of ether oxygens (including phenoxy) is 3. The molecule has 0 aromatic heterocycles. The number of benzene rings is 1. The highest BCUT2D eigenvalue weighted by molar-refractivity contribution is 5.85. The third-order valence-electron chi connectivity index (χ3n) is 4.67. The van der Waals surface area contributed by atoms with Crippen LogP contribution < -0.4 is 19.9 Å². The molecule has 28 heavy (non-hydrogen) atoms. The summed E-state index contributed by atoms with van der Waals surface area (Å²) in [4.78, 5) is 16.5. The summed E-state index contributed by atoms with van der Waals surface area (Å²) in [5.74, 6) is 2.12. The first kappa shape index (κ1) is 26.6. The first-order chi connectivity index (χ1) is 12.5. The van der Waals surface area contributed by atoms with Crippen LogP contribution in [-0.2, 0) is 11.3 Å². The molecule has 0 saturated carbocycles. The van der Waals surface area contributed by atoms with Gasteiger partial charge in [-0.3, -0.25) is 9.69 Å². The molecule has 1 aromatic rings. The molecule has 1 atom stereocenters. The normalized spacial score (nSPS) is 15.1. The zero-order valence-electron chi connectivity index (χ0n) is 17.1. The van der Waals surface area contributed by atoms with Crippen LogP contribution in [0.2, 0.25) is 0 Å². The third kappa shape index (κ3) is 7.20. The summed E-state index contributed by atoms with van der Waals surface area (Å²) in [6.45, 7) is 5.91. The molecule has 1 amide bonds. The molecule has 162 valence electrons. The Morgan fingerprint density at radius 1 is 1.04 bits per heavy atom. The van der Waals surface area contributed by atoms with Gasteiger partial charge in [-0.15, -0.1) is 24.8 Å². The molecular weight excluding hydrogens is 405 g/mol. The van der Waals surface area contributed by atoms with Crippen molar-refractivity contribution in [3.63, 3.8) is 0 Å². The number of carbonyl (C=O) groups is 1. The van der Waals surface area contributed by atoms with E-state index in [1.165, 1.54) is 0 Å². The van der Waals surface area contributed by atoms with E-state index in [1.807, 2.05) is 24.0 Å². The maximum Gasteiger partial charge on any atom is 0.222 e. The Morgan fingerprint density at radius 2 is 1.57 bits per heavy atom. The van der Waals surface area contributed by atoms with Crippen molar-refractivity contribution in [2.24, 2.45) is 5.73 Å². The van der Waals surface area contributed by atoms with E-state index in [4.69, 9.17) is 19.9 Å². The summed E-state index contributed by atoms with van der Waals surface area (Å²) in [6, 6.07) is 4.02. The number of hydrogen-bond donors (Lipinski definition) is 1. The summed E-state index contributed by atoms with van der Waals surface area (Å²) in [5, 5.41) is 0. The van der Waals surface area contributed by atoms with Gasteiger partial charge in [-0.2, -0.15) is 0 Å². The van der Waals surface area contributed by atoms with Crippen LogP contribution in [0.5, 0.6) is 17.2 Å². The summed E-state index contributed by atoms with van der Waals surface area (Å²) in [7, 11) is 4.84. The van der Waals surface area contributed by atoms with Crippen molar-refractivity contribution in [1.29, 1.82) is 0 Å². The Bertz CT molecular complexity index is 584. The van der Waals surface area contributed by atoms with Crippen LogP contribution in [0.15, 0.2) is 12.1 Å². The van der Waals surface area contributed by atoms with E-state index in [9.17, 15) is 4.79 Å². The lowest BCUT2D eigenvalue weighted by Gasteiger charge is -2.35. The van der Waals surface area contributed by atoms with Gasteiger partial charge in [0, 0.05) is 45.2 Å². The molecule has 1 saturated heterocycles. The van der Waals surface area contributed by atoms with Crippen LogP contribution in [0, 0.1) is 0 Å². The summed E-state index contributed by atoms with van der Waals surface area (Å²) in [6.07, 6.45) is 1.27. The van der Waals surface area contributed by atoms with Gasteiger partial charge < -0.3 is 24.8 Å². The molecular formula is C19H33Cl2N3O4. The quantitative estimate of drug-likeness (QED) is 0.672. The molecule has 0 aliphatic carbocycles. The molecule has 2 N–H and O–H groups in total. The molecule has 2 rings (SSSR count). The highest BCUT2D eigenvalue weighted by atomic mass is 35.5. The van der Waals surface area contributed by atoms with Gasteiger partial charge in [-0.25, -0.2) is 0 Å². The molecule has 1 aliphatic heterocycles. The van der Waals surface area contributed by atoms with Crippen molar-refractivity contribution in [2.75, 3.05) is 47.5 Å². The minimum atomic E-state index is 0. The number of rotatable bonds is 8. The maximum absolute atomic E-state index is 12.2. The average Bonchev–Trinajstić information content (AvgIpc) is 2.65. The van der Waals surface area contributed by atoms with Crippen molar-refractivity contribution >= 4 is 30.7 Å². The molecule has 1 heterocycles. The monoisotopic (exact) mass is 437 g/mol. The van der Waals surface area contributed by atoms with E-state index in [-0.39, 0.29) is 36.8 Å². The van der Waals surface area contributed by atoms with Gasteiger partial charge in [0.25, 0.3) is 0 Å². The minimum absolute atomic E-state index is 0. The first-order valence-electron chi connectivity index (χ1n) is 9.03. The molecule has 1 unspecified atom stereocenters. The zero-order chi connectivity index (χ0) is 19.1. The van der Waals surface area contributed by atoms with Gasteiger partial charge in [-0.05, 0) is 31.0 Å². The first-order valence-corrected chi connectivity index (χ1v) is 9.03. The second kappa shape index (κ2) is 12.9. The maximum atomic E-state index is 12.2. The van der Waals surface area contributed by atoms with Gasteiger partial charge in [0.1, 0.15) is 0 Å². The van der Waals surface area contributed by atoms with Crippen LogP contribution in [0.25, 0.3) is 0 Å². The number of piperazine rings is 1. The SMILES string of the molecule is COc1cc(CN2CCN(C(=O)CCC(C)N)CC2)cc(OC)c1OC.Cl.Cl. The van der Waals surface area contributed by atoms with Crippen molar-refractivity contribution < 1.29 is 19.0 Å².